The van der Waals surface area contributed by atoms with Crippen molar-refractivity contribution in [3.05, 3.63) is 70.3 Å². The van der Waals surface area contributed by atoms with Crippen molar-refractivity contribution in [1.82, 2.24) is 9.47 Å². The number of aliphatic hydroxyl groups is 1. The molecule has 4 aromatic rings. The molecule has 0 bridgehead atoms. The highest BCUT2D eigenvalue weighted by molar-refractivity contribution is 7.17. The number of anilines is 1. The second kappa shape index (κ2) is 27.0. The standard InChI is InChI=1S/C49H75N3O4S/c1-2-3-4-5-6-7-8-9-10-11-12-13-14-15-16-17-18-19-20-21-27-49(54)56-41-52-46-40-43(30-28-42(46)29-31-48(52)53)55-38-23-22-33-50-34-36-51(37-35-50)45-25-24-26-47-44(45)32-39-57-47/h24-26,28-32,39-40,49,54H,2-23,27,33-38,41H2,1H3. The molecule has 0 spiro atoms. The molecule has 57 heavy (non-hydrogen) atoms. The molecule has 316 valence electrons. The Morgan fingerprint density at radius 3 is 1.95 bits per heavy atom. The first kappa shape index (κ1) is 45.2. The summed E-state index contributed by atoms with van der Waals surface area (Å²) in [5, 5.41) is 15.1. The Morgan fingerprint density at radius 1 is 0.684 bits per heavy atom. The lowest BCUT2D eigenvalue weighted by atomic mass is 10.0. The van der Waals surface area contributed by atoms with Crippen LogP contribution in [-0.4, -0.2) is 60.2 Å². The van der Waals surface area contributed by atoms with Gasteiger partial charge in [0, 0.05) is 54.1 Å². The fourth-order valence-corrected chi connectivity index (χ4v) is 9.21. The summed E-state index contributed by atoms with van der Waals surface area (Å²) in [4.78, 5) is 18.0. The van der Waals surface area contributed by atoms with Crippen molar-refractivity contribution >= 4 is 38.0 Å². The smallest absolute Gasteiger partial charge is 0.252 e. The highest BCUT2D eigenvalue weighted by Gasteiger charge is 2.18. The van der Waals surface area contributed by atoms with Gasteiger partial charge in [0.05, 0.1) is 12.1 Å². The molecule has 1 fully saturated rings. The fraction of sp³-hybridized carbons (Fsp3) is 0.653. The predicted molar refractivity (Wildman–Crippen MR) is 243 cm³/mol. The Kier molecular flexibility index (Phi) is 21.4. The quantitative estimate of drug-likeness (QED) is 0.0404. The second-order valence-electron chi connectivity index (χ2n) is 16.6. The SMILES string of the molecule is CCCCCCCCCCCCCCCCCCCCCCC(O)OCn1c(=O)ccc2ccc(OCCCCN3CCN(c4cccc5sccc45)CC3)cc21. The number of fused-ring (bicyclic) bond motifs is 2. The summed E-state index contributed by atoms with van der Waals surface area (Å²) in [7, 11) is 0. The van der Waals surface area contributed by atoms with E-state index >= 15 is 0 Å². The molecule has 8 heteroatoms. The van der Waals surface area contributed by atoms with E-state index in [1.54, 1.807) is 10.6 Å². The molecule has 0 amide bonds. The molecule has 1 unspecified atom stereocenters. The predicted octanol–water partition coefficient (Wildman–Crippen LogP) is 12.7. The van der Waals surface area contributed by atoms with Gasteiger partial charge in [-0.15, -0.1) is 11.3 Å². The zero-order valence-electron chi connectivity index (χ0n) is 35.5. The first-order chi connectivity index (χ1) is 28.1. The summed E-state index contributed by atoms with van der Waals surface area (Å²) in [5.41, 5.74) is 1.99. The molecule has 1 aliphatic rings. The van der Waals surface area contributed by atoms with Gasteiger partial charge in [-0.2, -0.15) is 0 Å². The Bertz CT molecular complexity index is 1710. The van der Waals surface area contributed by atoms with E-state index in [2.05, 4.69) is 46.4 Å². The van der Waals surface area contributed by atoms with Crippen LogP contribution in [0.4, 0.5) is 5.69 Å². The molecule has 5 rings (SSSR count). The number of aliphatic hydroxyl groups excluding tert-OH is 1. The molecule has 1 saturated heterocycles. The average molecular weight is 802 g/mol. The Morgan fingerprint density at radius 2 is 1.30 bits per heavy atom. The minimum atomic E-state index is -0.875. The number of piperazine rings is 1. The number of pyridine rings is 1. The lowest BCUT2D eigenvalue weighted by Gasteiger charge is -2.36. The third-order valence-corrected chi connectivity index (χ3v) is 12.9. The van der Waals surface area contributed by atoms with E-state index < -0.39 is 6.29 Å². The zero-order chi connectivity index (χ0) is 39.8. The van der Waals surface area contributed by atoms with Crippen molar-refractivity contribution in [3.8, 4) is 5.75 Å². The van der Waals surface area contributed by atoms with Crippen LogP contribution in [0.3, 0.4) is 0 Å². The van der Waals surface area contributed by atoms with Gasteiger partial charge in [-0.1, -0.05) is 135 Å². The van der Waals surface area contributed by atoms with Gasteiger partial charge in [0.1, 0.15) is 12.5 Å². The molecule has 0 saturated carbocycles. The maximum atomic E-state index is 12.9. The molecular formula is C49H75N3O4S. The van der Waals surface area contributed by atoms with E-state index in [9.17, 15) is 9.90 Å². The molecule has 2 aromatic carbocycles. The summed E-state index contributed by atoms with van der Waals surface area (Å²) in [6, 6.07) is 18.2. The highest BCUT2D eigenvalue weighted by Crippen LogP contribution is 2.31. The highest BCUT2D eigenvalue weighted by atomic mass is 32.1. The van der Waals surface area contributed by atoms with Crippen LogP contribution < -0.4 is 15.2 Å². The Labute approximate surface area is 348 Å². The van der Waals surface area contributed by atoms with Crippen LogP contribution in [0.1, 0.15) is 155 Å². The lowest BCUT2D eigenvalue weighted by molar-refractivity contribution is -0.129. The molecule has 0 radical (unpaired) electrons. The van der Waals surface area contributed by atoms with Crippen molar-refractivity contribution < 1.29 is 14.6 Å². The number of hydrogen-bond donors (Lipinski definition) is 1. The van der Waals surface area contributed by atoms with Gasteiger partial charge in [-0.3, -0.25) is 14.3 Å². The van der Waals surface area contributed by atoms with Gasteiger partial charge in [0.15, 0.2) is 6.29 Å². The number of unbranched alkanes of at least 4 members (excludes halogenated alkanes) is 20. The van der Waals surface area contributed by atoms with Gasteiger partial charge in [0.2, 0.25) is 0 Å². The monoisotopic (exact) mass is 802 g/mol. The van der Waals surface area contributed by atoms with E-state index in [0.29, 0.717) is 13.0 Å². The summed E-state index contributed by atoms with van der Waals surface area (Å²) in [6.45, 7) is 8.32. The molecule has 2 aromatic heterocycles. The van der Waals surface area contributed by atoms with E-state index in [0.717, 1.165) is 75.1 Å². The topological polar surface area (TPSA) is 67.2 Å². The van der Waals surface area contributed by atoms with Crippen LogP contribution in [0.5, 0.6) is 5.75 Å². The Balaban J connectivity index is 0.868. The lowest BCUT2D eigenvalue weighted by Crippen LogP contribution is -2.46. The minimum Gasteiger partial charge on any atom is -0.494 e. The largest absolute Gasteiger partial charge is 0.494 e. The Hall–Kier alpha value is -2.91. The number of benzene rings is 2. The normalized spacial score (nSPS) is 14.2. The molecule has 3 heterocycles. The number of aromatic nitrogens is 1. The van der Waals surface area contributed by atoms with Crippen LogP contribution in [0.2, 0.25) is 0 Å². The van der Waals surface area contributed by atoms with Gasteiger partial charge in [0.25, 0.3) is 5.56 Å². The maximum Gasteiger partial charge on any atom is 0.252 e. The molecule has 1 aliphatic heterocycles. The van der Waals surface area contributed by atoms with Gasteiger partial charge >= 0.3 is 0 Å². The maximum absolute atomic E-state index is 12.9. The van der Waals surface area contributed by atoms with Crippen LogP contribution in [0, 0.1) is 0 Å². The number of thiophene rings is 1. The van der Waals surface area contributed by atoms with E-state index in [1.807, 2.05) is 35.6 Å². The third kappa shape index (κ3) is 16.3. The van der Waals surface area contributed by atoms with Crippen LogP contribution in [0.25, 0.3) is 21.0 Å². The van der Waals surface area contributed by atoms with Crippen LogP contribution in [0.15, 0.2) is 64.8 Å². The fourth-order valence-electron chi connectivity index (χ4n) is 8.40. The first-order valence-corrected chi connectivity index (χ1v) is 24.0. The third-order valence-electron chi connectivity index (χ3n) is 12.0. The van der Waals surface area contributed by atoms with Crippen molar-refractivity contribution in [2.75, 3.05) is 44.2 Å². The van der Waals surface area contributed by atoms with Crippen molar-refractivity contribution in [2.45, 2.75) is 168 Å². The van der Waals surface area contributed by atoms with Crippen LogP contribution >= 0.6 is 11.3 Å². The first-order valence-electron chi connectivity index (χ1n) is 23.1. The number of ether oxygens (including phenoxy) is 2. The van der Waals surface area contributed by atoms with Crippen molar-refractivity contribution in [1.29, 1.82) is 0 Å². The summed E-state index contributed by atoms with van der Waals surface area (Å²) < 4.78 is 14.9. The summed E-state index contributed by atoms with van der Waals surface area (Å²) >= 11 is 1.81. The zero-order valence-corrected chi connectivity index (χ0v) is 36.3. The van der Waals surface area contributed by atoms with Crippen molar-refractivity contribution in [2.24, 2.45) is 0 Å². The van der Waals surface area contributed by atoms with Gasteiger partial charge < -0.3 is 19.5 Å². The molecular weight excluding hydrogens is 727 g/mol. The molecule has 1 N–H and O–H groups in total. The minimum absolute atomic E-state index is 0.0235. The molecule has 7 nitrogen and oxygen atoms in total. The van der Waals surface area contributed by atoms with Crippen molar-refractivity contribution in [3.63, 3.8) is 0 Å². The molecule has 0 aliphatic carbocycles. The second-order valence-corrected chi connectivity index (χ2v) is 17.5. The molecule has 1 atom stereocenters. The summed E-state index contributed by atoms with van der Waals surface area (Å²) in [6.07, 6.45) is 28.8. The number of nitrogens with zero attached hydrogens (tertiary/aromatic N) is 3. The van der Waals surface area contributed by atoms with E-state index in [4.69, 9.17) is 9.47 Å². The number of hydrogen-bond acceptors (Lipinski definition) is 7. The van der Waals surface area contributed by atoms with Crippen LogP contribution in [-0.2, 0) is 11.5 Å². The number of rotatable bonds is 31. The van der Waals surface area contributed by atoms with E-state index in [1.165, 1.54) is 131 Å². The van der Waals surface area contributed by atoms with Gasteiger partial charge in [-0.05, 0) is 79.4 Å². The average Bonchev–Trinajstić information content (AvgIpc) is 3.72. The summed E-state index contributed by atoms with van der Waals surface area (Å²) in [5.74, 6) is 0.753. The van der Waals surface area contributed by atoms with Gasteiger partial charge in [-0.25, -0.2) is 0 Å². The van der Waals surface area contributed by atoms with E-state index in [-0.39, 0.29) is 12.3 Å².